The lowest BCUT2D eigenvalue weighted by Gasteiger charge is -2.46. The molecule has 9 N–H and O–H groups in total. The number of allylic oxidation sites excluding steroid dienone is 11. The average molecular weight is 978 g/mol. The monoisotopic (exact) mass is 978 g/mol. The molecule has 0 bridgehead atoms. The second-order valence-electron chi connectivity index (χ2n) is 18.6. The first-order valence-electron chi connectivity index (χ1n) is 26.7. The standard InChI is InChI=1S/C55H95NO13/c1-3-5-7-9-11-13-15-17-19-21-22-23-25-27-29-31-33-35-37-39-47(60)56-43(44(59)38-36-34-32-30-28-26-24-20-18-16-14-12-10-8-6-4-2)42-66-54-52(65)50(63)53(46(41-58)68-54)69-55-51(64)49(62)48(61)45(40-57)67-55/h5,7,11,13,17,19,22-23,27,29,36,38,43-46,48-55,57-59,61-65H,3-4,6,8-10,12,14-16,18,20-21,24-26,28,30-35,37,39-42H2,1-2H3,(H,56,60)/b7-5-,13-11-,19-17-,23-22-,29-27-,38-36+. The molecule has 12 atom stereocenters. The number of amides is 1. The van der Waals surface area contributed by atoms with E-state index in [0.29, 0.717) is 6.42 Å². The summed E-state index contributed by atoms with van der Waals surface area (Å²) in [5.74, 6) is -0.274. The molecule has 14 nitrogen and oxygen atoms in total. The van der Waals surface area contributed by atoms with E-state index in [4.69, 9.17) is 18.9 Å². The van der Waals surface area contributed by atoms with Gasteiger partial charge in [-0.25, -0.2) is 0 Å². The normalized spacial score (nSPS) is 26.8. The highest BCUT2D eigenvalue weighted by molar-refractivity contribution is 5.76. The Balaban J connectivity index is 1.85. The van der Waals surface area contributed by atoms with E-state index >= 15 is 0 Å². The van der Waals surface area contributed by atoms with E-state index in [2.05, 4.69) is 79.9 Å². The lowest BCUT2D eigenvalue weighted by molar-refractivity contribution is -0.359. The third-order valence-electron chi connectivity index (χ3n) is 12.6. The summed E-state index contributed by atoms with van der Waals surface area (Å²) in [5.41, 5.74) is 0. The van der Waals surface area contributed by atoms with Crippen LogP contribution in [0.15, 0.2) is 72.9 Å². The van der Waals surface area contributed by atoms with Gasteiger partial charge in [0.25, 0.3) is 0 Å². The van der Waals surface area contributed by atoms with E-state index < -0.39 is 86.8 Å². The number of rotatable bonds is 40. The van der Waals surface area contributed by atoms with Crippen molar-refractivity contribution in [2.75, 3.05) is 19.8 Å². The Morgan fingerprint density at radius 1 is 0.536 bits per heavy atom. The molecular weight excluding hydrogens is 883 g/mol. The maximum Gasteiger partial charge on any atom is 0.220 e. The third-order valence-corrected chi connectivity index (χ3v) is 12.6. The topological polar surface area (TPSA) is 228 Å². The van der Waals surface area contributed by atoms with E-state index in [1.807, 2.05) is 6.08 Å². The number of carbonyl (C=O) groups excluding carboxylic acids is 1. The van der Waals surface area contributed by atoms with Crippen molar-refractivity contribution in [3.05, 3.63) is 72.9 Å². The van der Waals surface area contributed by atoms with Crippen LogP contribution in [0.3, 0.4) is 0 Å². The number of unbranched alkanes of at least 4 members (excludes halogenated alkanes) is 17. The van der Waals surface area contributed by atoms with Gasteiger partial charge in [-0.2, -0.15) is 0 Å². The van der Waals surface area contributed by atoms with Crippen LogP contribution in [0.2, 0.25) is 0 Å². The Morgan fingerprint density at radius 3 is 1.54 bits per heavy atom. The van der Waals surface area contributed by atoms with Gasteiger partial charge in [0.15, 0.2) is 12.6 Å². The fraction of sp³-hybridized carbons (Fsp3) is 0.764. The van der Waals surface area contributed by atoms with Crippen LogP contribution < -0.4 is 5.32 Å². The number of aliphatic hydroxyl groups excluding tert-OH is 8. The Morgan fingerprint density at radius 2 is 1.00 bits per heavy atom. The first-order chi connectivity index (χ1) is 33.6. The molecule has 0 radical (unpaired) electrons. The van der Waals surface area contributed by atoms with Crippen LogP contribution in [0.5, 0.6) is 0 Å². The summed E-state index contributed by atoms with van der Waals surface area (Å²) in [6.45, 7) is 2.64. The molecule has 0 saturated carbocycles. The molecule has 2 heterocycles. The van der Waals surface area contributed by atoms with Crippen LogP contribution in [-0.2, 0) is 23.7 Å². The molecule has 0 aromatic heterocycles. The van der Waals surface area contributed by atoms with Gasteiger partial charge in [-0.05, 0) is 64.2 Å². The molecule has 2 saturated heterocycles. The number of hydrogen-bond acceptors (Lipinski definition) is 13. The van der Waals surface area contributed by atoms with Gasteiger partial charge in [-0.1, -0.05) is 177 Å². The maximum absolute atomic E-state index is 13.2. The number of nitrogens with one attached hydrogen (secondary N) is 1. The molecule has 0 aliphatic carbocycles. The van der Waals surface area contributed by atoms with Gasteiger partial charge in [-0.3, -0.25) is 4.79 Å². The molecule has 1 amide bonds. The molecular formula is C55H95NO13. The quantitative estimate of drug-likeness (QED) is 0.0213. The molecule has 0 aromatic rings. The molecule has 2 fully saturated rings. The molecule has 2 rings (SSSR count). The van der Waals surface area contributed by atoms with E-state index in [9.17, 15) is 45.6 Å². The summed E-state index contributed by atoms with van der Waals surface area (Å²) in [6, 6.07) is -0.935. The van der Waals surface area contributed by atoms with E-state index in [1.165, 1.54) is 77.0 Å². The minimum atomic E-state index is -1.79. The molecule has 12 unspecified atom stereocenters. The van der Waals surface area contributed by atoms with Crippen molar-refractivity contribution in [2.24, 2.45) is 0 Å². The number of carbonyl (C=O) groups is 1. The highest BCUT2D eigenvalue weighted by atomic mass is 16.7. The lowest BCUT2D eigenvalue weighted by atomic mass is 9.97. The van der Waals surface area contributed by atoms with Crippen LogP contribution in [0.1, 0.15) is 174 Å². The van der Waals surface area contributed by atoms with Gasteiger partial charge in [0, 0.05) is 6.42 Å². The molecule has 69 heavy (non-hydrogen) atoms. The Kier molecular flexibility index (Phi) is 37.1. The Labute approximate surface area is 415 Å². The average Bonchev–Trinajstić information content (AvgIpc) is 3.35. The van der Waals surface area contributed by atoms with Gasteiger partial charge in [0.2, 0.25) is 5.91 Å². The SMILES string of the molecule is CC/C=C\C/C=C\C/C=C\C/C=C\C/C=C\CCCCCC(=O)NC(COC1OC(CO)C(OC2OC(CO)C(O)C(O)C2O)C(O)C1O)C(O)/C=C/CCCCCCCCCCCCCCCC. The van der Waals surface area contributed by atoms with Gasteiger partial charge in [0.1, 0.15) is 48.8 Å². The fourth-order valence-electron chi connectivity index (χ4n) is 8.32. The number of aliphatic hydroxyl groups is 8. The van der Waals surface area contributed by atoms with Crippen molar-refractivity contribution in [2.45, 2.75) is 248 Å². The Bertz CT molecular complexity index is 1430. The van der Waals surface area contributed by atoms with E-state index in [1.54, 1.807) is 6.08 Å². The Hall–Kier alpha value is -2.57. The van der Waals surface area contributed by atoms with Crippen LogP contribution in [0.25, 0.3) is 0 Å². The molecule has 0 spiro atoms. The highest BCUT2D eigenvalue weighted by Crippen LogP contribution is 2.30. The smallest absolute Gasteiger partial charge is 0.220 e. The first-order valence-corrected chi connectivity index (χ1v) is 26.7. The van der Waals surface area contributed by atoms with Crippen molar-refractivity contribution in [1.82, 2.24) is 5.32 Å². The zero-order valence-corrected chi connectivity index (χ0v) is 42.3. The van der Waals surface area contributed by atoms with Gasteiger partial charge in [0.05, 0.1) is 32.0 Å². The number of hydrogen-bond donors (Lipinski definition) is 9. The predicted octanol–water partition coefficient (Wildman–Crippen LogP) is 7.60. The van der Waals surface area contributed by atoms with Gasteiger partial charge < -0.3 is 65.1 Å². The van der Waals surface area contributed by atoms with Crippen molar-refractivity contribution >= 4 is 5.91 Å². The van der Waals surface area contributed by atoms with Crippen molar-refractivity contribution in [3.63, 3.8) is 0 Å². The van der Waals surface area contributed by atoms with Crippen LogP contribution in [0.4, 0.5) is 0 Å². The minimum Gasteiger partial charge on any atom is -0.394 e. The van der Waals surface area contributed by atoms with Gasteiger partial charge in [-0.15, -0.1) is 0 Å². The molecule has 14 heteroatoms. The summed E-state index contributed by atoms with van der Waals surface area (Å²) in [6.07, 6.45) is 35.0. The molecule has 0 aromatic carbocycles. The predicted molar refractivity (Wildman–Crippen MR) is 272 cm³/mol. The summed E-state index contributed by atoms with van der Waals surface area (Å²) in [7, 11) is 0. The van der Waals surface area contributed by atoms with Crippen molar-refractivity contribution in [1.29, 1.82) is 0 Å². The lowest BCUT2D eigenvalue weighted by Crippen LogP contribution is -2.65. The van der Waals surface area contributed by atoms with Crippen molar-refractivity contribution in [3.8, 4) is 0 Å². The number of ether oxygens (including phenoxy) is 4. The molecule has 2 aliphatic rings. The molecule has 2 aliphatic heterocycles. The van der Waals surface area contributed by atoms with Crippen LogP contribution in [0, 0.1) is 0 Å². The third kappa shape index (κ3) is 27.7. The summed E-state index contributed by atoms with van der Waals surface area (Å²) >= 11 is 0. The highest BCUT2D eigenvalue weighted by Gasteiger charge is 2.51. The zero-order chi connectivity index (χ0) is 50.3. The summed E-state index contributed by atoms with van der Waals surface area (Å²) in [4.78, 5) is 13.2. The van der Waals surface area contributed by atoms with E-state index in [-0.39, 0.29) is 18.9 Å². The van der Waals surface area contributed by atoms with Crippen LogP contribution in [-0.4, -0.2) is 140 Å². The fourth-order valence-corrected chi connectivity index (χ4v) is 8.32. The second-order valence-corrected chi connectivity index (χ2v) is 18.6. The van der Waals surface area contributed by atoms with Gasteiger partial charge >= 0.3 is 0 Å². The maximum atomic E-state index is 13.2. The largest absolute Gasteiger partial charge is 0.394 e. The van der Waals surface area contributed by atoms with Crippen molar-refractivity contribution < 1.29 is 64.6 Å². The summed E-state index contributed by atoms with van der Waals surface area (Å²) in [5, 5.41) is 86.8. The first kappa shape index (κ1) is 62.5. The van der Waals surface area contributed by atoms with E-state index in [0.717, 1.165) is 70.6 Å². The zero-order valence-electron chi connectivity index (χ0n) is 42.3. The molecule has 398 valence electrons. The summed E-state index contributed by atoms with van der Waals surface area (Å²) < 4.78 is 22.7. The van der Waals surface area contributed by atoms with Crippen LogP contribution >= 0.6 is 0 Å². The second kappa shape index (κ2) is 41.0. The minimum absolute atomic E-state index is 0.239.